The molecule has 10 heavy (non-hydrogen) atoms. The molecule has 0 aromatic rings. The van der Waals surface area contributed by atoms with Crippen LogP contribution in [0, 0.1) is 11.3 Å². The first-order valence-electron chi connectivity index (χ1n) is 2.95. The number of methoxy groups -OCH3 is 1. The van der Waals surface area contributed by atoms with Crippen LogP contribution in [0.15, 0.2) is 0 Å². The van der Waals surface area contributed by atoms with Crippen molar-refractivity contribution < 1.29 is 14.6 Å². The van der Waals surface area contributed by atoms with E-state index in [-0.39, 0.29) is 13.0 Å². The highest BCUT2D eigenvalue weighted by atomic mass is 16.8. The van der Waals surface area contributed by atoms with Crippen LogP contribution in [-0.2, 0) is 14.6 Å². The SMILES string of the molecule is CCOC([O])(CC#N)OC. The first-order chi connectivity index (χ1) is 4.68. The Morgan fingerprint density at radius 1 is 1.70 bits per heavy atom. The number of nitriles is 1. The maximum atomic E-state index is 11.0. The van der Waals surface area contributed by atoms with Gasteiger partial charge in [0.1, 0.15) is 6.42 Å². The van der Waals surface area contributed by atoms with E-state index in [1.165, 1.54) is 7.11 Å². The fourth-order valence-corrected chi connectivity index (χ4v) is 0.499. The van der Waals surface area contributed by atoms with Crippen molar-refractivity contribution in [2.45, 2.75) is 19.3 Å². The molecule has 0 aliphatic carbocycles. The van der Waals surface area contributed by atoms with Gasteiger partial charge >= 0.3 is 5.97 Å². The van der Waals surface area contributed by atoms with E-state index in [1.807, 2.05) is 0 Å². The molecule has 0 aliphatic rings. The largest absolute Gasteiger partial charge is 0.328 e. The number of hydrogen-bond donors (Lipinski definition) is 0. The lowest BCUT2D eigenvalue weighted by molar-refractivity contribution is -0.374. The molecule has 1 atom stereocenters. The van der Waals surface area contributed by atoms with Gasteiger partial charge in [-0.3, -0.25) is 0 Å². The Balaban J connectivity index is 3.84. The summed E-state index contributed by atoms with van der Waals surface area (Å²) in [5.41, 5.74) is 0. The summed E-state index contributed by atoms with van der Waals surface area (Å²) in [6.45, 7) is 1.92. The fraction of sp³-hybridized carbons (Fsp3) is 0.833. The van der Waals surface area contributed by atoms with Gasteiger partial charge in [-0.05, 0) is 6.92 Å². The van der Waals surface area contributed by atoms with Crippen molar-refractivity contribution in [3.8, 4) is 6.07 Å². The molecule has 0 aromatic heterocycles. The van der Waals surface area contributed by atoms with Gasteiger partial charge < -0.3 is 9.47 Å². The Hall–Kier alpha value is -0.630. The molecule has 0 spiro atoms. The summed E-state index contributed by atoms with van der Waals surface area (Å²) < 4.78 is 9.04. The van der Waals surface area contributed by atoms with Gasteiger partial charge in [0.05, 0.1) is 6.07 Å². The van der Waals surface area contributed by atoms with E-state index in [2.05, 4.69) is 9.47 Å². The Kier molecular flexibility index (Phi) is 3.96. The number of ether oxygens (including phenoxy) is 2. The lowest BCUT2D eigenvalue weighted by Crippen LogP contribution is -2.32. The predicted octanol–water partition coefficient (Wildman–Crippen LogP) is 0.667. The molecule has 4 nitrogen and oxygen atoms in total. The second-order valence-electron chi connectivity index (χ2n) is 1.66. The molecule has 0 saturated carbocycles. The summed E-state index contributed by atoms with van der Waals surface area (Å²) >= 11 is 0. The first kappa shape index (κ1) is 9.37. The summed E-state index contributed by atoms with van der Waals surface area (Å²) in [5, 5.41) is 19.2. The lowest BCUT2D eigenvalue weighted by Gasteiger charge is -2.19. The number of rotatable bonds is 4. The molecule has 0 fully saturated rings. The lowest BCUT2D eigenvalue weighted by atomic mass is 10.4. The molecule has 1 unspecified atom stereocenters. The molecular formula is C6H10NO3. The third-order valence-electron chi connectivity index (χ3n) is 0.971. The van der Waals surface area contributed by atoms with E-state index >= 15 is 0 Å². The van der Waals surface area contributed by atoms with Crippen LogP contribution in [-0.4, -0.2) is 19.7 Å². The van der Waals surface area contributed by atoms with Crippen molar-refractivity contribution in [3.63, 3.8) is 0 Å². The van der Waals surface area contributed by atoms with Gasteiger partial charge in [0.2, 0.25) is 0 Å². The van der Waals surface area contributed by atoms with E-state index in [0.717, 1.165) is 0 Å². The molecular weight excluding hydrogens is 134 g/mol. The average Bonchev–Trinajstić information content (AvgIpc) is 1.89. The van der Waals surface area contributed by atoms with Crippen molar-refractivity contribution in [1.29, 1.82) is 5.26 Å². The predicted molar refractivity (Wildman–Crippen MR) is 32.3 cm³/mol. The minimum atomic E-state index is -1.97. The zero-order valence-corrected chi connectivity index (χ0v) is 6.09. The van der Waals surface area contributed by atoms with Crippen molar-refractivity contribution in [1.82, 2.24) is 0 Å². The smallest absolute Gasteiger partial charge is 0.325 e. The molecule has 0 heterocycles. The molecule has 0 N–H and O–H groups in total. The Bertz CT molecular complexity index is 131. The highest BCUT2D eigenvalue weighted by Crippen LogP contribution is 2.12. The van der Waals surface area contributed by atoms with Crippen LogP contribution in [0.2, 0.25) is 0 Å². The highest BCUT2D eigenvalue weighted by molar-refractivity contribution is 4.75. The molecule has 0 aliphatic heterocycles. The van der Waals surface area contributed by atoms with Crippen LogP contribution < -0.4 is 0 Å². The minimum Gasteiger partial charge on any atom is -0.328 e. The van der Waals surface area contributed by atoms with Crippen LogP contribution in [0.5, 0.6) is 0 Å². The van der Waals surface area contributed by atoms with Gasteiger partial charge in [0.25, 0.3) is 0 Å². The maximum Gasteiger partial charge on any atom is 0.325 e. The Morgan fingerprint density at radius 2 is 2.30 bits per heavy atom. The molecule has 0 aromatic carbocycles. The van der Waals surface area contributed by atoms with E-state index in [4.69, 9.17) is 5.26 Å². The van der Waals surface area contributed by atoms with Gasteiger partial charge in [0.15, 0.2) is 0 Å². The number of nitrogens with zero attached hydrogens (tertiary/aromatic N) is 1. The topological polar surface area (TPSA) is 62.2 Å². The molecule has 1 radical (unpaired) electrons. The zero-order valence-electron chi connectivity index (χ0n) is 6.09. The van der Waals surface area contributed by atoms with Crippen molar-refractivity contribution in [3.05, 3.63) is 0 Å². The third kappa shape index (κ3) is 2.78. The normalized spacial score (nSPS) is 15.8. The third-order valence-corrected chi connectivity index (χ3v) is 0.971. The molecule has 0 amide bonds. The Morgan fingerprint density at radius 3 is 2.60 bits per heavy atom. The van der Waals surface area contributed by atoms with Crippen molar-refractivity contribution in [2.75, 3.05) is 13.7 Å². The molecule has 0 bridgehead atoms. The minimum absolute atomic E-state index is 0.249. The fourth-order valence-electron chi connectivity index (χ4n) is 0.499. The molecule has 0 rings (SSSR count). The summed E-state index contributed by atoms with van der Waals surface area (Å²) in [7, 11) is 1.22. The second kappa shape index (κ2) is 4.23. The monoisotopic (exact) mass is 144 g/mol. The van der Waals surface area contributed by atoms with E-state index in [0.29, 0.717) is 0 Å². The summed E-state index contributed by atoms with van der Waals surface area (Å²) in [4.78, 5) is 0. The van der Waals surface area contributed by atoms with Crippen LogP contribution in [0.3, 0.4) is 0 Å². The van der Waals surface area contributed by atoms with Crippen LogP contribution in [0.1, 0.15) is 13.3 Å². The van der Waals surface area contributed by atoms with Gasteiger partial charge in [-0.2, -0.15) is 10.4 Å². The summed E-state index contributed by atoms with van der Waals surface area (Å²) in [6, 6.07) is 1.68. The molecule has 57 valence electrons. The van der Waals surface area contributed by atoms with Crippen molar-refractivity contribution in [2.24, 2.45) is 0 Å². The average molecular weight is 144 g/mol. The van der Waals surface area contributed by atoms with E-state index in [1.54, 1.807) is 13.0 Å². The van der Waals surface area contributed by atoms with Crippen LogP contribution in [0.25, 0.3) is 0 Å². The van der Waals surface area contributed by atoms with Crippen LogP contribution >= 0.6 is 0 Å². The zero-order chi connectivity index (χ0) is 8.04. The van der Waals surface area contributed by atoms with Gasteiger partial charge in [-0.15, -0.1) is 0 Å². The Labute approximate surface area is 60.0 Å². The standard InChI is InChI=1S/C6H10NO3/c1-3-10-6(8,9-2)4-5-7/h3-4H2,1-2H3. The second-order valence-corrected chi connectivity index (χ2v) is 1.66. The molecule has 0 saturated heterocycles. The maximum absolute atomic E-state index is 11.0. The quantitative estimate of drug-likeness (QED) is 0.544. The summed E-state index contributed by atoms with van der Waals surface area (Å²) in [5.74, 6) is -1.97. The highest BCUT2D eigenvalue weighted by Gasteiger charge is 2.28. The van der Waals surface area contributed by atoms with Gasteiger partial charge in [0, 0.05) is 13.7 Å². The summed E-state index contributed by atoms with van der Waals surface area (Å²) in [6.07, 6.45) is -0.294. The van der Waals surface area contributed by atoms with Crippen LogP contribution in [0.4, 0.5) is 0 Å². The van der Waals surface area contributed by atoms with E-state index in [9.17, 15) is 5.11 Å². The van der Waals surface area contributed by atoms with E-state index < -0.39 is 5.97 Å². The number of hydrogen-bond acceptors (Lipinski definition) is 3. The van der Waals surface area contributed by atoms with Gasteiger partial charge in [-0.1, -0.05) is 0 Å². The first-order valence-corrected chi connectivity index (χ1v) is 2.95. The molecule has 4 heteroatoms. The van der Waals surface area contributed by atoms with Crippen molar-refractivity contribution >= 4 is 0 Å². The van der Waals surface area contributed by atoms with Gasteiger partial charge in [-0.25, -0.2) is 0 Å².